The number of nitrogens with one attached hydrogen (secondary N) is 4. The Balaban J connectivity index is 1.48. The monoisotopic (exact) mass is 557 g/mol. The van der Waals surface area contributed by atoms with E-state index >= 15 is 0 Å². The number of aliphatic hydroxyl groups is 1. The average Bonchev–Trinajstić information content (AvgIpc) is 3.39. The van der Waals surface area contributed by atoms with Crippen LogP contribution in [-0.4, -0.2) is 54.6 Å². The SMILES string of the molecule is CCNc1cc(C(=O)N[C@@H](Cc2ccccc2)[C@H](O)CNCc2cccc(NC(C)=O)c2)cc(N2CCCC2=O)c1. The van der Waals surface area contributed by atoms with Crippen LogP contribution in [0.1, 0.15) is 48.2 Å². The number of hydrogen-bond donors (Lipinski definition) is 5. The lowest BCUT2D eigenvalue weighted by molar-refractivity contribution is -0.117. The molecular formula is C32H39N5O4. The largest absolute Gasteiger partial charge is 0.390 e. The third kappa shape index (κ3) is 8.64. The molecule has 1 saturated heterocycles. The molecule has 1 aliphatic heterocycles. The molecule has 2 atom stereocenters. The van der Waals surface area contributed by atoms with Crippen molar-refractivity contribution in [3.05, 3.63) is 89.5 Å². The van der Waals surface area contributed by atoms with Gasteiger partial charge in [0.25, 0.3) is 5.91 Å². The van der Waals surface area contributed by atoms with Crippen molar-refractivity contribution in [1.82, 2.24) is 10.6 Å². The number of amides is 3. The molecule has 216 valence electrons. The second kappa shape index (κ2) is 14.4. The van der Waals surface area contributed by atoms with E-state index in [2.05, 4.69) is 21.3 Å². The van der Waals surface area contributed by atoms with E-state index in [1.54, 1.807) is 17.0 Å². The summed E-state index contributed by atoms with van der Waals surface area (Å²) in [5.41, 5.74) is 4.53. The number of benzene rings is 3. The summed E-state index contributed by atoms with van der Waals surface area (Å²) >= 11 is 0. The number of anilines is 3. The number of nitrogens with zero attached hydrogens (tertiary/aromatic N) is 1. The fraction of sp³-hybridized carbons (Fsp3) is 0.344. The van der Waals surface area contributed by atoms with Gasteiger partial charge in [-0.25, -0.2) is 0 Å². The summed E-state index contributed by atoms with van der Waals surface area (Å²) in [6, 6.07) is 22.1. The number of aliphatic hydroxyl groups excluding tert-OH is 1. The summed E-state index contributed by atoms with van der Waals surface area (Å²) in [6.45, 7) is 5.47. The normalized spacial score (nSPS) is 14.4. The minimum atomic E-state index is -0.880. The molecule has 0 spiro atoms. The van der Waals surface area contributed by atoms with Crippen molar-refractivity contribution in [3.63, 3.8) is 0 Å². The lowest BCUT2D eigenvalue weighted by atomic mass is 10.00. The van der Waals surface area contributed by atoms with Gasteiger partial charge in [0.05, 0.1) is 12.1 Å². The van der Waals surface area contributed by atoms with Gasteiger partial charge in [-0.15, -0.1) is 0 Å². The summed E-state index contributed by atoms with van der Waals surface area (Å²) in [4.78, 5) is 39.1. The predicted molar refractivity (Wildman–Crippen MR) is 162 cm³/mol. The molecule has 9 nitrogen and oxygen atoms in total. The molecule has 9 heteroatoms. The third-order valence-corrected chi connectivity index (χ3v) is 6.96. The number of rotatable bonds is 13. The summed E-state index contributed by atoms with van der Waals surface area (Å²) in [7, 11) is 0. The Morgan fingerprint density at radius 1 is 0.976 bits per heavy atom. The van der Waals surface area contributed by atoms with Crippen molar-refractivity contribution >= 4 is 34.8 Å². The zero-order valence-electron chi connectivity index (χ0n) is 23.7. The van der Waals surface area contributed by atoms with Crippen LogP contribution < -0.4 is 26.2 Å². The molecule has 3 amide bonds. The topological polar surface area (TPSA) is 123 Å². The Morgan fingerprint density at radius 3 is 2.46 bits per heavy atom. The maximum Gasteiger partial charge on any atom is 0.251 e. The molecule has 0 unspecified atom stereocenters. The molecule has 0 aromatic heterocycles. The fourth-order valence-electron chi connectivity index (χ4n) is 5.00. The Morgan fingerprint density at radius 2 is 1.76 bits per heavy atom. The van der Waals surface area contributed by atoms with Gasteiger partial charge in [0.2, 0.25) is 11.8 Å². The first-order chi connectivity index (χ1) is 19.8. The van der Waals surface area contributed by atoms with Crippen LogP contribution in [0.25, 0.3) is 0 Å². The molecule has 0 radical (unpaired) electrons. The second-order valence-corrected chi connectivity index (χ2v) is 10.3. The number of carbonyl (C=O) groups is 3. The zero-order chi connectivity index (χ0) is 29.2. The molecule has 1 heterocycles. The zero-order valence-corrected chi connectivity index (χ0v) is 23.7. The molecule has 4 rings (SSSR count). The summed E-state index contributed by atoms with van der Waals surface area (Å²) < 4.78 is 0. The van der Waals surface area contributed by atoms with Gasteiger partial charge >= 0.3 is 0 Å². The van der Waals surface area contributed by atoms with Crippen LogP contribution in [0.3, 0.4) is 0 Å². The van der Waals surface area contributed by atoms with Crippen molar-refractivity contribution in [2.45, 2.75) is 51.8 Å². The van der Waals surface area contributed by atoms with Gasteiger partial charge in [-0.2, -0.15) is 0 Å². The maximum absolute atomic E-state index is 13.6. The molecule has 3 aromatic rings. The van der Waals surface area contributed by atoms with E-state index in [1.165, 1.54) is 6.92 Å². The average molecular weight is 558 g/mol. The lowest BCUT2D eigenvalue weighted by Gasteiger charge is -2.25. The fourth-order valence-corrected chi connectivity index (χ4v) is 5.00. The molecule has 0 bridgehead atoms. The smallest absolute Gasteiger partial charge is 0.251 e. The van der Waals surface area contributed by atoms with Crippen molar-refractivity contribution in [2.24, 2.45) is 0 Å². The summed E-state index contributed by atoms with van der Waals surface area (Å²) in [6.07, 6.45) is 0.858. The van der Waals surface area contributed by atoms with Crippen LogP contribution in [-0.2, 0) is 22.6 Å². The van der Waals surface area contributed by atoms with Crippen LogP contribution >= 0.6 is 0 Å². The van der Waals surface area contributed by atoms with Crippen LogP contribution in [0.5, 0.6) is 0 Å². The molecule has 0 aliphatic carbocycles. The van der Waals surface area contributed by atoms with Crippen LogP contribution in [0, 0.1) is 0 Å². The van der Waals surface area contributed by atoms with Crippen LogP contribution in [0.2, 0.25) is 0 Å². The van der Waals surface area contributed by atoms with E-state index < -0.39 is 12.1 Å². The van der Waals surface area contributed by atoms with Gasteiger partial charge in [-0.05, 0) is 61.2 Å². The minimum Gasteiger partial charge on any atom is -0.390 e. The van der Waals surface area contributed by atoms with E-state index in [4.69, 9.17) is 0 Å². The van der Waals surface area contributed by atoms with E-state index in [9.17, 15) is 19.5 Å². The summed E-state index contributed by atoms with van der Waals surface area (Å²) in [5.74, 6) is -0.406. The molecule has 1 aliphatic rings. The number of hydrogen-bond acceptors (Lipinski definition) is 6. The Kier molecular flexibility index (Phi) is 10.5. The minimum absolute atomic E-state index is 0.0519. The van der Waals surface area contributed by atoms with Gasteiger partial charge in [0.1, 0.15) is 0 Å². The Bertz CT molecular complexity index is 1350. The van der Waals surface area contributed by atoms with Gasteiger partial charge in [-0.3, -0.25) is 14.4 Å². The van der Waals surface area contributed by atoms with Crippen LogP contribution in [0.4, 0.5) is 17.1 Å². The molecule has 5 N–H and O–H groups in total. The molecule has 1 fully saturated rings. The first-order valence-electron chi connectivity index (χ1n) is 14.1. The molecular weight excluding hydrogens is 518 g/mol. The Labute approximate surface area is 241 Å². The molecule has 3 aromatic carbocycles. The highest BCUT2D eigenvalue weighted by molar-refractivity contribution is 6.00. The first kappa shape index (κ1) is 29.8. The van der Waals surface area contributed by atoms with Gasteiger partial charge < -0.3 is 31.3 Å². The van der Waals surface area contributed by atoms with Gasteiger partial charge in [0.15, 0.2) is 0 Å². The Hall–Kier alpha value is -4.21. The van der Waals surface area contributed by atoms with Crippen molar-refractivity contribution in [2.75, 3.05) is 35.2 Å². The highest BCUT2D eigenvalue weighted by Crippen LogP contribution is 2.27. The molecule has 0 saturated carbocycles. The van der Waals surface area contributed by atoms with Crippen molar-refractivity contribution in [3.8, 4) is 0 Å². The van der Waals surface area contributed by atoms with E-state index in [0.717, 1.165) is 23.2 Å². The summed E-state index contributed by atoms with van der Waals surface area (Å²) in [5, 5.41) is 23.6. The molecule has 41 heavy (non-hydrogen) atoms. The predicted octanol–water partition coefficient (Wildman–Crippen LogP) is 3.70. The first-order valence-corrected chi connectivity index (χ1v) is 14.1. The quantitative estimate of drug-likeness (QED) is 0.219. The second-order valence-electron chi connectivity index (χ2n) is 10.3. The third-order valence-electron chi connectivity index (χ3n) is 6.96. The van der Waals surface area contributed by atoms with Gasteiger partial charge in [-0.1, -0.05) is 42.5 Å². The standard InChI is InChI=1S/C32H39N5O4/c1-3-34-27-17-25(18-28(19-27)37-14-8-13-31(37)40)32(41)36-29(16-23-9-5-4-6-10-23)30(39)21-33-20-24-11-7-12-26(15-24)35-22(2)38/h4-7,9-12,15,17-19,29-30,33-34,39H,3,8,13-14,16,20-21H2,1-2H3,(H,35,38)(H,36,41)/t29-,30+/m0/s1. The van der Waals surface area contributed by atoms with Gasteiger partial charge in [0, 0.05) is 62.1 Å². The van der Waals surface area contributed by atoms with Crippen molar-refractivity contribution in [1.29, 1.82) is 0 Å². The number of carbonyl (C=O) groups excluding carboxylic acids is 3. The highest BCUT2D eigenvalue weighted by atomic mass is 16.3. The van der Waals surface area contributed by atoms with Crippen LogP contribution in [0.15, 0.2) is 72.8 Å². The van der Waals surface area contributed by atoms with E-state index in [1.807, 2.05) is 67.6 Å². The van der Waals surface area contributed by atoms with E-state index in [-0.39, 0.29) is 24.3 Å². The maximum atomic E-state index is 13.6. The van der Waals surface area contributed by atoms with E-state index in [0.29, 0.717) is 49.4 Å². The van der Waals surface area contributed by atoms with Crippen molar-refractivity contribution < 1.29 is 19.5 Å². The lowest BCUT2D eigenvalue weighted by Crippen LogP contribution is -2.48. The highest BCUT2D eigenvalue weighted by Gasteiger charge is 2.25.